The van der Waals surface area contributed by atoms with Gasteiger partial charge in [-0.1, -0.05) is 26.7 Å². The minimum atomic E-state index is 0.0400. The Bertz CT molecular complexity index is 624. The van der Waals surface area contributed by atoms with Crippen LogP contribution in [0.4, 0.5) is 0 Å². The van der Waals surface area contributed by atoms with Gasteiger partial charge in [0.1, 0.15) is 0 Å². The fraction of sp³-hybridized carbons (Fsp3) is 0.737. The van der Waals surface area contributed by atoms with Gasteiger partial charge in [0.15, 0.2) is 0 Å². The Morgan fingerprint density at radius 2 is 1.88 bits per heavy atom. The molecule has 0 atom stereocenters. The predicted octanol–water partition coefficient (Wildman–Crippen LogP) is 2.80. The largest absolute Gasteiger partial charge is 0.342 e. The van der Waals surface area contributed by atoms with Crippen LogP contribution in [0.15, 0.2) is 17.2 Å². The van der Waals surface area contributed by atoms with Crippen LogP contribution in [-0.2, 0) is 11.3 Å². The SMILES string of the molecule is CC(C)c1cc(=O)n(CC2CCN(C(=O)C3CCCC3)CC2)cn1. The van der Waals surface area contributed by atoms with E-state index < -0.39 is 0 Å². The van der Waals surface area contributed by atoms with Crippen molar-refractivity contribution >= 4 is 5.91 Å². The van der Waals surface area contributed by atoms with Crippen molar-refractivity contribution in [2.75, 3.05) is 13.1 Å². The molecule has 5 heteroatoms. The summed E-state index contributed by atoms with van der Waals surface area (Å²) in [6.45, 7) is 6.49. The van der Waals surface area contributed by atoms with Crippen LogP contribution in [0.25, 0.3) is 0 Å². The number of hydrogen-bond acceptors (Lipinski definition) is 3. The molecule has 0 radical (unpaired) electrons. The fourth-order valence-corrected chi connectivity index (χ4v) is 3.94. The number of carbonyl (C=O) groups is 1. The van der Waals surface area contributed by atoms with Crippen molar-refractivity contribution < 1.29 is 4.79 Å². The Morgan fingerprint density at radius 1 is 1.21 bits per heavy atom. The highest BCUT2D eigenvalue weighted by atomic mass is 16.2. The summed E-state index contributed by atoms with van der Waals surface area (Å²) in [6, 6.07) is 1.66. The molecule has 2 fully saturated rings. The summed E-state index contributed by atoms with van der Waals surface area (Å²) in [4.78, 5) is 31.2. The van der Waals surface area contributed by atoms with Gasteiger partial charge in [-0.2, -0.15) is 0 Å². The van der Waals surface area contributed by atoms with Gasteiger partial charge in [-0.05, 0) is 37.5 Å². The van der Waals surface area contributed by atoms with Crippen molar-refractivity contribution in [3.05, 3.63) is 28.4 Å². The molecule has 132 valence electrons. The van der Waals surface area contributed by atoms with E-state index in [1.165, 1.54) is 12.8 Å². The molecule has 1 saturated carbocycles. The van der Waals surface area contributed by atoms with Gasteiger partial charge < -0.3 is 4.90 Å². The summed E-state index contributed by atoms with van der Waals surface area (Å²) in [7, 11) is 0. The summed E-state index contributed by atoms with van der Waals surface area (Å²) >= 11 is 0. The van der Waals surface area contributed by atoms with Crippen LogP contribution in [0.5, 0.6) is 0 Å². The standard InChI is InChI=1S/C19H29N3O2/c1-14(2)17-11-18(23)22(13-20-17)12-15-7-9-21(10-8-15)19(24)16-5-3-4-6-16/h11,13-16H,3-10,12H2,1-2H3. The number of piperidine rings is 1. The lowest BCUT2D eigenvalue weighted by molar-refractivity contribution is -0.136. The first-order valence-electron chi connectivity index (χ1n) is 9.39. The van der Waals surface area contributed by atoms with E-state index in [1.807, 2.05) is 13.8 Å². The Balaban J connectivity index is 1.54. The van der Waals surface area contributed by atoms with Gasteiger partial charge in [0.2, 0.25) is 5.91 Å². The molecule has 1 amide bonds. The number of nitrogens with zero attached hydrogens (tertiary/aromatic N) is 3. The van der Waals surface area contributed by atoms with Gasteiger partial charge >= 0.3 is 0 Å². The molecule has 0 spiro atoms. The molecule has 0 unspecified atom stereocenters. The molecule has 3 rings (SSSR count). The maximum Gasteiger partial charge on any atom is 0.253 e. The molecular weight excluding hydrogens is 302 g/mol. The normalized spacial score (nSPS) is 20.0. The zero-order valence-electron chi connectivity index (χ0n) is 14.9. The van der Waals surface area contributed by atoms with Crippen molar-refractivity contribution in [1.29, 1.82) is 0 Å². The number of rotatable bonds is 4. The lowest BCUT2D eigenvalue weighted by atomic mass is 9.95. The number of aromatic nitrogens is 2. The van der Waals surface area contributed by atoms with Gasteiger partial charge in [-0.15, -0.1) is 0 Å². The molecule has 5 nitrogen and oxygen atoms in total. The summed E-state index contributed by atoms with van der Waals surface area (Å²) in [5, 5.41) is 0. The first-order chi connectivity index (χ1) is 11.5. The lowest BCUT2D eigenvalue weighted by Crippen LogP contribution is -2.42. The van der Waals surface area contributed by atoms with Crippen LogP contribution in [0.1, 0.15) is 64.0 Å². The Morgan fingerprint density at radius 3 is 2.46 bits per heavy atom. The quantitative estimate of drug-likeness (QED) is 0.852. The molecule has 1 aliphatic carbocycles. The first kappa shape index (κ1) is 17.2. The van der Waals surface area contributed by atoms with Gasteiger partial charge in [0, 0.05) is 31.6 Å². The monoisotopic (exact) mass is 331 g/mol. The molecular formula is C19H29N3O2. The van der Waals surface area contributed by atoms with Crippen molar-refractivity contribution in [3.63, 3.8) is 0 Å². The van der Waals surface area contributed by atoms with Gasteiger partial charge in [0.25, 0.3) is 5.56 Å². The van der Waals surface area contributed by atoms with E-state index in [1.54, 1.807) is 17.0 Å². The van der Waals surface area contributed by atoms with Crippen LogP contribution >= 0.6 is 0 Å². The van der Waals surface area contributed by atoms with Crippen molar-refractivity contribution in [1.82, 2.24) is 14.5 Å². The maximum absolute atomic E-state index is 12.5. The van der Waals surface area contributed by atoms with Crippen molar-refractivity contribution in [2.45, 2.75) is 64.8 Å². The van der Waals surface area contributed by atoms with Crippen LogP contribution in [-0.4, -0.2) is 33.4 Å². The number of hydrogen-bond donors (Lipinski definition) is 0. The zero-order chi connectivity index (χ0) is 17.1. The number of carbonyl (C=O) groups excluding carboxylic acids is 1. The maximum atomic E-state index is 12.5. The Hall–Kier alpha value is -1.65. The van der Waals surface area contributed by atoms with Crippen molar-refractivity contribution in [3.8, 4) is 0 Å². The van der Waals surface area contributed by atoms with E-state index in [4.69, 9.17) is 0 Å². The molecule has 1 saturated heterocycles. The molecule has 1 aromatic rings. The molecule has 2 heterocycles. The van der Waals surface area contributed by atoms with E-state index in [9.17, 15) is 9.59 Å². The summed E-state index contributed by atoms with van der Waals surface area (Å²) in [5.41, 5.74) is 0.895. The second-order valence-electron chi connectivity index (χ2n) is 7.71. The van der Waals surface area contributed by atoms with Gasteiger partial charge in [0.05, 0.1) is 12.0 Å². The first-order valence-corrected chi connectivity index (χ1v) is 9.39. The fourth-order valence-electron chi connectivity index (χ4n) is 3.94. The van der Waals surface area contributed by atoms with E-state index in [-0.39, 0.29) is 17.4 Å². The number of amides is 1. The molecule has 1 aromatic heterocycles. The van der Waals surface area contributed by atoms with E-state index in [0.717, 1.165) is 51.0 Å². The molecule has 0 N–H and O–H groups in total. The van der Waals surface area contributed by atoms with Gasteiger partial charge in [-0.25, -0.2) is 4.98 Å². The topological polar surface area (TPSA) is 55.2 Å². The minimum Gasteiger partial charge on any atom is -0.342 e. The third-order valence-corrected chi connectivity index (χ3v) is 5.58. The van der Waals surface area contributed by atoms with Crippen LogP contribution in [0, 0.1) is 11.8 Å². The minimum absolute atomic E-state index is 0.0400. The summed E-state index contributed by atoms with van der Waals surface area (Å²) in [6.07, 6.45) is 8.20. The molecule has 0 bridgehead atoms. The highest BCUT2D eigenvalue weighted by molar-refractivity contribution is 5.79. The number of likely N-dealkylation sites (tertiary alicyclic amines) is 1. The Kier molecular flexibility index (Phi) is 5.36. The highest BCUT2D eigenvalue weighted by Crippen LogP contribution is 2.28. The molecule has 2 aliphatic rings. The average molecular weight is 331 g/mol. The second kappa shape index (κ2) is 7.49. The third-order valence-electron chi connectivity index (χ3n) is 5.58. The van der Waals surface area contributed by atoms with Crippen LogP contribution in [0.2, 0.25) is 0 Å². The highest BCUT2D eigenvalue weighted by Gasteiger charge is 2.30. The summed E-state index contributed by atoms with van der Waals surface area (Å²) < 4.78 is 1.73. The molecule has 24 heavy (non-hydrogen) atoms. The predicted molar refractivity (Wildman–Crippen MR) is 93.8 cm³/mol. The average Bonchev–Trinajstić information content (AvgIpc) is 3.11. The van der Waals surface area contributed by atoms with Gasteiger partial charge in [-0.3, -0.25) is 14.2 Å². The smallest absolute Gasteiger partial charge is 0.253 e. The molecule has 0 aromatic carbocycles. The van der Waals surface area contributed by atoms with Crippen molar-refractivity contribution in [2.24, 2.45) is 11.8 Å². The Labute approximate surface area is 144 Å². The summed E-state index contributed by atoms with van der Waals surface area (Å²) in [5.74, 6) is 1.38. The zero-order valence-corrected chi connectivity index (χ0v) is 14.9. The third kappa shape index (κ3) is 3.87. The van der Waals surface area contributed by atoms with Crippen LogP contribution < -0.4 is 5.56 Å². The van der Waals surface area contributed by atoms with E-state index in [0.29, 0.717) is 11.8 Å². The van der Waals surface area contributed by atoms with E-state index in [2.05, 4.69) is 9.88 Å². The van der Waals surface area contributed by atoms with Crippen LogP contribution in [0.3, 0.4) is 0 Å². The molecule has 1 aliphatic heterocycles. The lowest BCUT2D eigenvalue weighted by Gasteiger charge is -2.33. The second-order valence-corrected chi connectivity index (χ2v) is 7.71. The van der Waals surface area contributed by atoms with E-state index >= 15 is 0 Å².